The van der Waals surface area contributed by atoms with Crippen LogP contribution < -0.4 is 0 Å². The molecule has 2 rings (SSSR count). The summed E-state index contributed by atoms with van der Waals surface area (Å²) >= 11 is 4.56. The topological polar surface area (TPSA) is 50.2 Å². The summed E-state index contributed by atoms with van der Waals surface area (Å²) < 4.78 is 0. The molecule has 0 amide bonds. The average Bonchev–Trinajstić information content (AvgIpc) is 2.95. The molecule has 0 fully saturated rings. The molecule has 0 aliphatic rings. The van der Waals surface area contributed by atoms with Gasteiger partial charge in [-0.1, -0.05) is 20.8 Å². The largest absolute Gasteiger partial charge is 0.477 e. The summed E-state index contributed by atoms with van der Waals surface area (Å²) in [4.78, 5) is 16.8. The van der Waals surface area contributed by atoms with Gasteiger partial charge in [0.15, 0.2) is 0 Å². The fraction of sp³-hybridized carbons (Fsp3) is 0.385. The van der Waals surface area contributed by atoms with E-state index < -0.39 is 5.97 Å². The van der Waals surface area contributed by atoms with Crippen LogP contribution in [0.3, 0.4) is 0 Å². The molecule has 102 valence electrons. The maximum absolute atomic E-state index is 10.8. The van der Waals surface area contributed by atoms with E-state index in [0.29, 0.717) is 4.88 Å². The van der Waals surface area contributed by atoms with E-state index in [1.807, 2.05) is 5.38 Å². The lowest BCUT2D eigenvalue weighted by atomic mass is 9.93. The summed E-state index contributed by atoms with van der Waals surface area (Å²) in [5.74, 6) is -0.0718. The van der Waals surface area contributed by atoms with Gasteiger partial charge in [0.05, 0.1) is 11.4 Å². The number of nitrogens with zero attached hydrogens (tertiary/aromatic N) is 1. The van der Waals surface area contributed by atoms with Crippen LogP contribution in [-0.4, -0.2) is 16.1 Å². The third-order valence-corrected chi connectivity index (χ3v) is 5.55. The third-order valence-electron chi connectivity index (χ3n) is 2.47. The van der Waals surface area contributed by atoms with E-state index in [1.165, 1.54) is 11.3 Å². The van der Waals surface area contributed by atoms with Gasteiger partial charge in [-0.15, -0.1) is 34.4 Å². The first-order valence-electron chi connectivity index (χ1n) is 5.76. The number of thiophene rings is 1. The maximum Gasteiger partial charge on any atom is 0.345 e. The van der Waals surface area contributed by atoms with Crippen molar-refractivity contribution in [2.75, 3.05) is 0 Å². The van der Waals surface area contributed by atoms with Crippen molar-refractivity contribution in [3.05, 3.63) is 32.4 Å². The second kappa shape index (κ2) is 5.64. The Hall–Kier alpha value is -0.850. The molecule has 0 saturated carbocycles. The number of thioether (sulfide) groups is 1. The minimum absolute atomic E-state index is 0.0816. The molecule has 0 aliphatic carbocycles. The summed E-state index contributed by atoms with van der Waals surface area (Å²) in [5, 5.41) is 13.9. The summed E-state index contributed by atoms with van der Waals surface area (Å²) in [6.07, 6.45) is 0. The van der Waals surface area contributed by atoms with Crippen LogP contribution in [-0.2, 0) is 11.2 Å². The van der Waals surface area contributed by atoms with Gasteiger partial charge in [0.1, 0.15) is 9.88 Å². The lowest BCUT2D eigenvalue weighted by Gasteiger charge is -2.14. The molecule has 2 aromatic heterocycles. The average molecular weight is 313 g/mol. The van der Waals surface area contributed by atoms with Crippen LogP contribution in [0.25, 0.3) is 0 Å². The van der Waals surface area contributed by atoms with E-state index in [4.69, 9.17) is 5.11 Å². The van der Waals surface area contributed by atoms with Crippen LogP contribution in [0.1, 0.15) is 41.1 Å². The summed E-state index contributed by atoms with van der Waals surface area (Å²) in [5.41, 5.74) is 1.20. The molecule has 1 N–H and O–H groups in total. The van der Waals surface area contributed by atoms with E-state index in [0.717, 1.165) is 21.3 Å². The Morgan fingerprint density at radius 3 is 2.63 bits per heavy atom. The molecule has 0 saturated heterocycles. The number of carbonyl (C=O) groups is 1. The Balaban J connectivity index is 1.98. The van der Waals surface area contributed by atoms with Gasteiger partial charge < -0.3 is 5.11 Å². The first-order valence-corrected chi connectivity index (χ1v) is 8.50. The molecule has 0 atom stereocenters. The molecule has 6 heteroatoms. The molecule has 2 aromatic rings. The van der Waals surface area contributed by atoms with Crippen LogP contribution in [0, 0.1) is 0 Å². The van der Waals surface area contributed by atoms with Crippen molar-refractivity contribution in [1.29, 1.82) is 0 Å². The Labute approximate surface area is 124 Å². The third kappa shape index (κ3) is 3.81. The number of aromatic carboxylic acids is 1. The number of thiazole rings is 1. The van der Waals surface area contributed by atoms with Crippen LogP contribution >= 0.6 is 34.4 Å². The highest BCUT2D eigenvalue weighted by atomic mass is 32.2. The van der Waals surface area contributed by atoms with Crippen LogP contribution in [0.5, 0.6) is 0 Å². The molecular formula is C13H15NO2S3. The highest BCUT2D eigenvalue weighted by Crippen LogP contribution is 2.30. The molecule has 3 nitrogen and oxygen atoms in total. The van der Waals surface area contributed by atoms with Gasteiger partial charge in [0.2, 0.25) is 0 Å². The zero-order valence-corrected chi connectivity index (χ0v) is 13.4. The molecule has 19 heavy (non-hydrogen) atoms. The van der Waals surface area contributed by atoms with Gasteiger partial charge in [-0.25, -0.2) is 9.78 Å². The van der Waals surface area contributed by atoms with Gasteiger partial charge in [-0.3, -0.25) is 0 Å². The van der Waals surface area contributed by atoms with E-state index in [-0.39, 0.29) is 5.41 Å². The van der Waals surface area contributed by atoms with Gasteiger partial charge in [0, 0.05) is 21.1 Å². The van der Waals surface area contributed by atoms with Crippen molar-refractivity contribution in [3.8, 4) is 0 Å². The van der Waals surface area contributed by atoms with Gasteiger partial charge in [-0.2, -0.15) is 0 Å². The summed E-state index contributed by atoms with van der Waals surface area (Å²) in [6, 6.07) is 1.72. The van der Waals surface area contributed by atoms with Crippen molar-refractivity contribution in [2.24, 2.45) is 0 Å². The second-order valence-corrected chi connectivity index (χ2v) is 8.02. The minimum Gasteiger partial charge on any atom is -0.477 e. The summed E-state index contributed by atoms with van der Waals surface area (Å²) in [6.45, 7) is 6.45. The Kier molecular flexibility index (Phi) is 4.32. The maximum atomic E-state index is 10.8. The van der Waals surface area contributed by atoms with Crippen molar-refractivity contribution in [1.82, 2.24) is 4.98 Å². The van der Waals surface area contributed by atoms with Crippen LogP contribution in [0.2, 0.25) is 0 Å². The van der Waals surface area contributed by atoms with E-state index >= 15 is 0 Å². The Morgan fingerprint density at radius 1 is 1.37 bits per heavy atom. The zero-order chi connectivity index (χ0) is 14.0. The predicted molar refractivity (Wildman–Crippen MR) is 81.7 cm³/mol. The highest BCUT2D eigenvalue weighted by molar-refractivity contribution is 7.98. The van der Waals surface area contributed by atoms with E-state index in [1.54, 1.807) is 29.2 Å². The van der Waals surface area contributed by atoms with Crippen molar-refractivity contribution in [2.45, 2.75) is 36.8 Å². The number of hydrogen-bond donors (Lipinski definition) is 1. The zero-order valence-electron chi connectivity index (χ0n) is 11.0. The van der Waals surface area contributed by atoms with Gasteiger partial charge in [0.25, 0.3) is 0 Å². The Morgan fingerprint density at radius 2 is 2.11 bits per heavy atom. The lowest BCUT2D eigenvalue weighted by Crippen LogP contribution is -2.11. The molecule has 0 bridgehead atoms. The fourth-order valence-electron chi connectivity index (χ4n) is 1.37. The normalized spacial score (nSPS) is 11.7. The first-order chi connectivity index (χ1) is 8.86. The molecular weight excluding hydrogens is 298 g/mol. The SMILES string of the molecule is CC(C)(C)c1csc(CSc2csc(C(=O)O)c2)n1. The van der Waals surface area contributed by atoms with Crippen molar-refractivity contribution in [3.63, 3.8) is 0 Å². The molecule has 0 aromatic carbocycles. The quantitative estimate of drug-likeness (QED) is 0.845. The molecule has 0 unspecified atom stereocenters. The number of aromatic nitrogens is 1. The standard InChI is InChI=1S/C13H15NO2S3/c1-13(2,3)10-6-19-11(14-10)7-17-8-4-9(12(15)16)18-5-8/h4-6H,7H2,1-3H3,(H,15,16). The number of rotatable bonds is 4. The van der Waals surface area contributed by atoms with Gasteiger partial charge >= 0.3 is 5.97 Å². The molecule has 0 radical (unpaired) electrons. The number of carboxylic acids is 1. The van der Waals surface area contributed by atoms with Crippen molar-refractivity contribution >= 4 is 40.4 Å². The number of carboxylic acid groups (broad SMARTS) is 1. The van der Waals surface area contributed by atoms with Crippen LogP contribution in [0.4, 0.5) is 0 Å². The predicted octanol–water partition coefficient (Wildman–Crippen LogP) is 4.49. The van der Waals surface area contributed by atoms with E-state index in [2.05, 4.69) is 31.1 Å². The Bertz CT molecular complexity index is 581. The second-order valence-electron chi connectivity index (χ2n) is 5.12. The first kappa shape index (κ1) is 14.6. The summed E-state index contributed by atoms with van der Waals surface area (Å²) in [7, 11) is 0. The van der Waals surface area contributed by atoms with Crippen LogP contribution in [0.15, 0.2) is 21.7 Å². The molecule has 0 spiro atoms. The smallest absolute Gasteiger partial charge is 0.345 e. The number of hydrogen-bond acceptors (Lipinski definition) is 5. The lowest BCUT2D eigenvalue weighted by molar-refractivity contribution is 0.0702. The molecule has 2 heterocycles. The van der Waals surface area contributed by atoms with E-state index in [9.17, 15) is 4.79 Å². The van der Waals surface area contributed by atoms with Crippen molar-refractivity contribution < 1.29 is 9.90 Å². The molecule has 0 aliphatic heterocycles. The highest BCUT2D eigenvalue weighted by Gasteiger charge is 2.17. The minimum atomic E-state index is -0.860. The monoisotopic (exact) mass is 313 g/mol. The fourth-order valence-corrected chi connectivity index (χ4v) is 4.28. The van der Waals surface area contributed by atoms with Gasteiger partial charge in [-0.05, 0) is 6.07 Å².